The van der Waals surface area contributed by atoms with Gasteiger partial charge in [0, 0.05) is 5.56 Å². The van der Waals surface area contributed by atoms with E-state index in [1.54, 1.807) is 30.3 Å². The molecule has 0 saturated heterocycles. The Morgan fingerprint density at radius 3 is 2.52 bits per heavy atom. The standard InChI is InChI=1S/C18H20N2O3/c1-3-11-22-16-9-7-14(8-10-16)18(21)23-20-17(19)15-6-4-5-13(2)12-15/h4-10,12H,3,11H2,1-2H3,(H2,19,20). The third-order valence-corrected chi connectivity index (χ3v) is 3.10. The fourth-order valence-corrected chi connectivity index (χ4v) is 1.91. The minimum Gasteiger partial charge on any atom is -0.494 e. The van der Waals surface area contributed by atoms with E-state index in [0.29, 0.717) is 23.5 Å². The number of aryl methyl sites for hydroxylation is 1. The van der Waals surface area contributed by atoms with Gasteiger partial charge in [-0.3, -0.25) is 0 Å². The molecule has 2 N–H and O–H groups in total. The largest absolute Gasteiger partial charge is 0.494 e. The van der Waals surface area contributed by atoms with Gasteiger partial charge in [0.1, 0.15) is 5.75 Å². The van der Waals surface area contributed by atoms with E-state index in [9.17, 15) is 4.79 Å². The quantitative estimate of drug-likeness (QED) is 0.384. The number of rotatable bonds is 6. The highest BCUT2D eigenvalue weighted by Gasteiger charge is 2.08. The number of amidine groups is 1. The third kappa shape index (κ3) is 4.85. The summed E-state index contributed by atoms with van der Waals surface area (Å²) >= 11 is 0. The first-order chi connectivity index (χ1) is 11.1. The number of oxime groups is 1. The predicted molar refractivity (Wildman–Crippen MR) is 89.5 cm³/mol. The molecule has 0 aliphatic carbocycles. The topological polar surface area (TPSA) is 73.9 Å². The number of ether oxygens (including phenoxy) is 1. The van der Waals surface area contributed by atoms with Gasteiger partial charge < -0.3 is 15.3 Å². The number of nitrogens with zero attached hydrogens (tertiary/aromatic N) is 1. The molecule has 0 amide bonds. The highest BCUT2D eigenvalue weighted by atomic mass is 16.7. The molecule has 120 valence electrons. The van der Waals surface area contributed by atoms with Gasteiger partial charge in [0.25, 0.3) is 0 Å². The molecular formula is C18H20N2O3. The molecule has 0 fully saturated rings. The molecular weight excluding hydrogens is 292 g/mol. The van der Waals surface area contributed by atoms with E-state index in [2.05, 4.69) is 5.16 Å². The zero-order valence-corrected chi connectivity index (χ0v) is 13.3. The Morgan fingerprint density at radius 1 is 1.13 bits per heavy atom. The minimum atomic E-state index is -0.567. The molecule has 0 unspecified atom stereocenters. The Labute approximate surface area is 135 Å². The van der Waals surface area contributed by atoms with E-state index in [0.717, 1.165) is 12.0 Å². The smallest absolute Gasteiger partial charge is 0.365 e. The van der Waals surface area contributed by atoms with Crippen molar-refractivity contribution < 1.29 is 14.4 Å². The van der Waals surface area contributed by atoms with Crippen LogP contribution in [0.3, 0.4) is 0 Å². The van der Waals surface area contributed by atoms with Gasteiger partial charge in [-0.1, -0.05) is 35.8 Å². The molecule has 0 aromatic heterocycles. The Hall–Kier alpha value is -2.82. The molecule has 2 aromatic rings. The highest BCUT2D eigenvalue weighted by molar-refractivity contribution is 5.98. The van der Waals surface area contributed by atoms with Crippen LogP contribution in [0.1, 0.15) is 34.8 Å². The lowest BCUT2D eigenvalue weighted by molar-refractivity contribution is 0.0516. The van der Waals surface area contributed by atoms with Crippen molar-refractivity contribution in [3.05, 3.63) is 65.2 Å². The lowest BCUT2D eigenvalue weighted by Crippen LogP contribution is -2.15. The second kappa shape index (κ2) is 7.98. The first-order valence-corrected chi connectivity index (χ1v) is 7.45. The van der Waals surface area contributed by atoms with Crippen LogP contribution in [-0.4, -0.2) is 18.4 Å². The van der Waals surface area contributed by atoms with Crippen LogP contribution in [0.2, 0.25) is 0 Å². The Kier molecular flexibility index (Phi) is 5.74. The SMILES string of the molecule is CCCOc1ccc(C(=O)O/N=C(/N)c2cccc(C)c2)cc1. The summed E-state index contributed by atoms with van der Waals surface area (Å²) in [6, 6.07) is 14.2. The maximum atomic E-state index is 11.9. The Balaban J connectivity index is 1.99. The highest BCUT2D eigenvalue weighted by Crippen LogP contribution is 2.13. The van der Waals surface area contributed by atoms with Crippen LogP contribution in [-0.2, 0) is 4.84 Å². The predicted octanol–water partition coefficient (Wildman–Crippen LogP) is 3.26. The van der Waals surface area contributed by atoms with Gasteiger partial charge in [-0.25, -0.2) is 4.79 Å². The maximum absolute atomic E-state index is 11.9. The summed E-state index contributed by atoms with van der Waals surface area (Å²) in [5.41, 5.74) is 7.97. The fourth-order valence-electron chi connectivity index (χ4n) is 1.91. The summed E-state index contributed by atoms with van der Waals surface area (Å²) < 4.78 is 5.46. The van der Waals surface area contributed by atoms with Gasteiger partial charge in [0.2, 0.25) is 0 Å². The molecule has 2 rings (SSSR count). The maximum Gasteiger partial charge on any atom is 0.365 e. The van der Waals surface area contributed by atoms with Gasteiger partial charge in [-0.2, -0.15) is 0 Å². The van der Waals surface area contributed by atoms with E-state index >= 15 is 0 Å². The van der Waals surface area contributed by atoms with E-state index in [4.69, 9.17) is 15.3 Å². The zero-order chi connectivity index (χ0) is 16.7. The second-order valence-electron chi connectivity index (χ2n) is 5.10. The van der Waals surface area contributed by atoms with Crippen molar-refractivity contribution in [1.29, 1.82) is 0 Å². The molecule has 2 aromatic carbocycles. The molecule has 0 saturated carbocycles. The van der Waals surface area contributed by atoms with Gasteiger partial charge in [-0.15, -0.1) is 0 Å². The van der Waals surface area contributed by atoms with Crippen molar-refractivity contribution in [2.75, 3.05) is 6.61 Å². The molecule has 0 heterocycles. The molecule has 5 nitrogen and oxygen atoms in total. The van der Waals surface area contributed by atoms with Crippen LogP contribution >= 0.6 is 0 Å². The number of hydrogen-bond acceptors (Lipinski definition) is 4. The Morgan fingerprint density at radius 2 is 1.87 bits per heavy atom. The summed E-state index contributed by atoms with van der Waals surface area (Å²) in [7, 11) is 0. The lowest BCUT2D eigenvalue weighted by atomic mass is 10.1. The van der Waals surface area contributed by atoms with Crippen molar-refractivity contribution in [2.24, 2.45) is 10.9 Å². The number of nitrogens with two attached hydrogens (primary N) is 1. The van der Waals surface area contributed by atoms with Gasteiger partial charge >= 0.3 is 5.97 Å². The molecule has 0 spiro atoms. The van der Waals surface area contributed by atoms with Crippen LogP contribution in [0.15, 0.2) is 53.7 Å². The van der Waals surface area contributed by atoms with Crippen molar-refractivity contribution in [3.8, 4) is 5.75 Å². The van der Waals surface area contributed by atoms with Crippen LogP contribution < -0.4 is 10.5 Å². The molecule has 0 radical (unpaired) electrons. The molecule has 0 atom stereocenters. The molecule has 0 aliphatic heterocycles. The number of carbonyl (C=O) groups excluding carboxylic acids is 1. The minimum absolute atomic E-state index is 0.157. The van der Waals surface area contributed by atoms with Gasteiger partial charge in [-0.05, 0) is 43.7 Å². The normalized spacial score (nSPS) is 11.1. The third-order valence-electron chi connectivity index (χ3n) is 3.10. The summed E-state index contributed by atoms with van der Waals surface area (Å²) in [4.78, 5) is 16.8. The van der Waals surface area contributed by atoms with Crippen LogP contribution in [0.25, 0.3) is 0 Å². The Bertz CT molecular complexity index is 694. The number of benzene rings is 2. The van der Waals surface area contributed by atoms with Crippen LogP contribution in [0, 0.1) is 6.92 Å². The summed E-state index contributed by atoms with van der Waals surface area (Å²) in [5.74, 6) is 0.304. The van der Waals surface area contributed by atoms with Gasteiger partial charge in [0.15, 0.2) is 5.84 Å². The van der Waals surface area contributed by atoms with Crippen LogP contribution in [0.4, 0.5) is 0 Å². The van der Waals surface area contributed by atoms with Crippen molar-refractivity contribution in [1.82, 2.24) is 0 Å². The average molecular weight is 312 g/mol. The zero-order valence-electron chi connectivity index (χ0n) is 13.3. The first kappa shape index (κ1) is 16.5. The van der Waals surface area contributed by atoms with E-state index < -0.39 is 5.97 Å². The molecule has 0 bridgehead atoms. The summed E-state index contributed by atoms with van der Waals surface area (Å²) in [6.07, 6.45) is 0.927. The number of hydrogen-bond donors (Lipinski definition) is 1. The molecule has 5 heteroatoms. The summed E-state index contributed by atoms with van der Waals surface area (Å²) in [6.45, 7) is 4.62. The average Bonchev–Trinajstić information content (AvgIpc) is 2.58. The first-order valence-electron chi connectivity index (χ1n) is 7.45. The van der Waals surface area contributed by atoms with E-state index in [1.807, 2.05) is 32.0 Å². The van der Waals surface area contributed by atoms with Crippen molar-refractivity contribution in [2.45, 2.75) is 20.3 Å². The molecule has 23 heavy (non-hydrogen) atoms. The summed E-state index contributed by atoms with van der Waals surface area (Å²) in [5, 5.41) is 3.70. The fraction of sp³-hybridized carbons (Fsp3) is 0.222. The van der Waals surface area contributed by atoms with Crippen LogP contribution in [0.5, 0.6) is 5.75 Å². The van der Waals surface area contributed by atoms with E-state index in [1.165, 1.54) is 0 Å². The number of carbonyl (C=O) groups is 1. The second-order valence-corrected chi connectivity index (χ2v) is 5.10. The van der Waals surface area contributed by atoms with Crippen molar-refractivity contribution >= 4 is 11.8 Å². The molecule has 0 aliphatic rings. The van der Waals surface area contributed by atoms with Gasteiger partial charge in [0.05, 0.1) is 12.2 Å². The van der Waals surface area contributed by atoms with Crippen molar-refractivity contribution in [3.63, 3.8) is 0 Å². The lowest BCUT2D eigenvalue weighted by Gasteiger charge is -2.05. The van der Waals surface area contributed by atoms with E-state index in [-0.39, 0.29) is 5.84 Å². The monoisotopic (exact) mass is 312 g/mol.